The van der Waals surface area contributed by atoms with Crippen molar-refractivity contribution in [1.82, 2.24) is 9.80 Å². The van der Waals surface area contributed by atoms with E-state index in [0.717, 1.165) is 31.7 Å². The molecule has 1 heterocycles. The van der Waals surface area contributed by atoms with E-state index in [1.807, 2.05) is 18.2 Å². The molecule has 0 aromatic heterocycles. The molecule has 1 fully saturated rings. The van der Waals surface area contributed by atoms with Gasteiger partial charge in [0.25, 0.3) is 5.91 Å². The number of hydrogen-bond donors (Lipinski definition) is 0. The summed E-state index contributed by atoms with van der Waals surface area (Å²) in [6.07, 6.45) is -0.0392. The van der Waals surface area contributed by atoms with Crippen LogP contribution in [0, 0.1) is 0 Å². The quantitative estimate of drug-likeness (QED) is 0.831. The highest BCUT2D eigenvalue weighted by Crippen LogP contribution is 2.39. The molecule has 1 aromatic carbocycles. The maximum atomic E-state index is 12.6. The molecule has 24 heavy (non-hydrogen) atoms. The summed E-state index contributed by atoms with van der Waals surface area (Å²) < 4.78 is 31.7. The van der Waals surface area contributed by atoms with Crippen LogP contribution in [0.1, 0.15) is 31.2 Å². The standard InChI is InChI=1S/C18H24F2N2O2/c1-21-11-13-5-3-4-6-15(13)24-18(12-21)9-7-14(8-10-18)22(2)17(23)16(19)20/h3-6,14,16H,7-12H2,1-2H3. The van der Waals surface area contributed by atoms with Gasteiger partial charge in [-0.1, -0.05) is 18.2 Å². The number of fused-ring (bicyclic) bond motifs is 1. The number of rotatable bonds is 2. The summed E-state index contributed by atoms with van der Waals surface area (Å²) in [5.41, 5.74) is 0.871. The number of benzene rings is 1. The average Bonchev–Trinajstić information content (AvgIpc) is 2.69. The van der Waals surface area contributed by atoms with E-state index < -0.39 is 12.3 Å². The van der Waals surface area contributed by atoms with Crippen molar-refractivity contribution in [3.8, 4) is 5.75 Å². The molecule has 0 radical (unpaired) electrons. The van der Waals surface area contributed by atoms with Crippen LogP contribution in [0.15, 0.2) is 24.3 Å². The fourth-order valence-electron chi connectivity index (χ4n) is 3.95. The molecule has 0 N–H and O–H groups in total. The van der Waals surface area contributed by atoms with Crippen molar-refractivity contribution in [1.29, 1.82) is 0 Å². The van der Waals surface area contributed by atoms with E-state index >= 15 is 0 Å². The molecule has 1 spiro atoms. The zero-order valence-electron chi connectivity index (χ0n) is 14.2. The molecular formula is C18H24F2N2O2. The van der Waals surface area contributed by atoms with Crippen molar-refractivity contribution < 1.29 is 18.3 Å². The molecule has 0 atom stereocenters. The number of nitrogens with zero attached hydrogens (tertiary/aromatic N) is 2. The lowest BCUT2D eigenvalue weighted by atomic mass is 9.81. The van der Waals surface area contributed by atoms with Crippen LogP contribution in [0.4, 0.5) is 8.78 Å². The molecular weight excluding hydrogens is 314 g/mol. The first-order valence-electron chi connectivity index (χ1n) is 8.40. The zero-order valence-corrected chi connectivity index (χ0v) is 14.2. The van der Waals surface area contributed by atoms with Gasteiger partial charge < -0.3 is 9.64 Å². The Bertz CT molecular complexity index is 600. The summed E-state index contributed by atoms with van der Waals surface area (Å²) in [4.78, 5) is 15.0. The van der Waals surface area contributed by atoms with Crippen molar-refractivity contribution in [2.75, 3.05) is 20.6 Å². The molecule has 0 saturated heterocycles. The monoisotopic (exact) mass is 338 g/mol. The highest BCUT2D eigenvalue weighted by atomic mass is 19.3. The topological polar surface area (TPSA) is 32.8 Å². The van der Waals surface area contributed by atoms with E-state index in [9.17, 15) is 13.6 Å². The molecule has 1 saturated carbocycles. The summed E-state index contributed by atoms with van der Waals surface area (Å²) in [6, 6.07) is 7.92. The van der Waals surface area contributed by atoms with E-state index in [2.05, 4.69) is 18.0 Å². The molecule has 1 amide bonds. The van der Waals surface area contributed by atoms with Crippen molar-refractivity contribution >= 4 is 5.91 Å². The maximum absolute atomic E-state index is 12.6. The fourth-order valence-corrected chi connectivity index (χ4v) is 3.95. The molecule has 6 heteroatoms. The van der Waals surface area contributed by atoms with E-state index in [-0.39, 0.29) is 11.6 Å². The molecule has 2 aliphatic rings. The fraction of sp³-hybridized carbons (Fsp3) is 0.611. The largest absolute Gasteiger partial charge is 0.486 e. The van der Waals surface area contributed by atoms with Crippen molar-refractivity contribution in [3.63, 3.8) is 0 Å². The second kappa shape index (κ2) is 6.67. The van der Waals surface area contributed by atoms with Gasteiger partial charge in [-0.15, -0.1) is 0 Å². The minimum absolute atomic E-state index is 0.135. The lowest BCUT2D eigenvalue weighted by Gasteiger charge is -2.43. The van der Waals surface area contributed by atoms with Gasteiger partial charge in [-0.05, 0) is 38.8 Å². The molecule has 132 valence electrons. The first kappa shape index (κ1) is 17.1. The van der Waals surface area contributed by atoms with Gasteiger partial charge in [0.15, 0.2) is 0 Å². The minimum atomic E-state index is -2.93. The third-order valence-electron chi connectivity index (χ3n) is 5.25. The number of alkyl halides is 2. The number of ether oxygens (including phenoxy) is 1. The molecule has 1 aromatic rings. The summed E-state index contributed by atoms with van der Waals surface area (Å²) in [7, 11) is 3.55. The predicted molar refractivity (Wildman–Crippen MR) is 87.2 cm³/mol. The minimum Gasteiger partial charge on any atom is -0.486 e. The Kier molecular flexibility index (Phi) is 4.76. The number of amides is 1. The Balaban J connectivity index is 1.72. The first-order valence-corrected chi connectivity index (χ1v) is 8.40. The van der Waals surface area contributed by atoms with E-state index in [0.29, 0.717) is 12.8 Å². The van der Waals surface area contributed by atoms with Gasteiger partial charge in [0.2, 0.25) is 0 Å². The van der Waals surface area contributed by atoms with Gasteiger partial charge in [0.05, 0.1) is 0 Å². The summed E-state index contributed by atoms with van der Waals surface area (Å²) >= 11 is 0. The van der Waals surface area contributed by atoms with E-state index in [1.54, 1.807) is 0 Å². The molecule has 4 nitrogen and oxygen atoms in total. The Hall–Kier alpha value is -1.69. The van der Waals surface area contributed by atoms with E-state index in [4.69, 9.17) is 4.74 Å². The Morgan fingerprint density at radius 3 is 2.67 bits per heavy atom. The zero-order chi connectivity index (χ0) is 17.3. The number of carbonyl (C=O) groups is 1. The van der Waals surface area contributed by atoms with Crippen LogP contribution in [0.5, 0.6) is 5.75 Å². The Morgan fingerprint density at radius 2 is 2.00 bits per heavy atom. The number of para-hydroxylation sites is 1. The highest BCUT2D eigenvalue weighted by molar-refractivity contribution is 5.79. The number of likely N-dealkylation sites (N-methyl/N-ethyl adjacent to an activating group) is 1. The summed E-state index contributed by atoms with van der Waals surface area (Å²) in [6.45, 7) is 1.64. The lowest BCUT2D eigenvalue weighted by Crippen LogP contribution is -2.51. The van der Waals surface area contributed by atoms with Crippen LogP contribution in [0.2, 0.25) is 0 Å². The van der Waals surface area contributed by atoms with Crippen LogP contribution in [0.3, 0.4) is 0 Å². The first-order chi connectivity index (χ1) is 11.4. The van der Waals surface area contributed by atoms with Crippen molar-refractivity contribution in [2.24, 2.45) is 0 Å². The second-order valence-corrected chi connectivity index (χ2v) is 7.05. The summed E-state index contributed by atoms with van der Waals surface area (Å²) in [5.74, 6) is -0.169. The normalized spacial score (nSPS) is 27.5. The second-order valence-electron chi connectivity index (χ2n) is 7.05. The molecule has 1 aliphatic heterocycles. The molecule has 1 aliphatic carbocycles. The van der Waals surface area contributed by atoms with Crippen LogP contribution in [-0.4, -0.2) is 54.4 Å². The number of halogens is 2. The van der Waals surface area contributed by atoms with Gasteiger partial charge >= 0.3 is 6.43 Å². The van der Waals surface area contributed by atoms with Gasteiger partial charge in [0, 0.05) is 31.7 Å². The van der Waals surface area contributed by atoms with Gasteiger partial charge in [0.1, 0.15) is 11.4 Å². The lowest BCUT2D eigenvalue weighted by molar-refractivity contribution is -0.145. The van der Waals surface area contributed by atoms with Gasteiger partial charge in [-0.2, -0.15) is 8.78 Å². The predicted octanol–water partition coefficient (Wildman–Crippen LogP) is 2.92. The van der Waals surface area contributed by atoms with Gasteiger partial charge in [-0.3, -0.25) is 9.69 Å². The van der Waals surface area contributed by atoms with Crippen molar-refractivity contribution in [2.45, 2.75) is 50.3 Å². The van der Waals surface area contributed by atoms with Crippen LogP contribution >= 0.6 is 0 Å². The molecule has 0 unspecified atom stereocenters. The third kappa shape index (κ3) is 3.38. The molecule has 3 rings (SSSR count). The highest BCUT2D eigenvalue weighted by Gasteiger charge is 2.42. The smallest absolute Gasteiger partial charge is 0.315 e. The number of hydrogen-bond acceptors (Lipinski definition) is 3. The van der Waals surface area contributed by atoms with Crippen LogP contribution in [0.25, 0.3) is 0 Å². The number of carbonyl (C=O) groups excluding carboxylic acids is 1. The van der Waals surface area contributed by atoms with Crippen LogP contribution < -0.4 is 4.74 Å². The van der Waals surface area contributed by atoms with Crippen molar-refractivity contribution in [3.05, 3.63) is 29.8 Å². The maximum Gasteiger partial charge on any atom is 0.315 e. The van der Waals surface area contributed by atoms with Gasteiger partial charge in [-0.25, -0.2) is 0 Å². The SMILES string of the molecule is CN1Cc2ccccc2OC2(CCC(N(C)C(=O)C(F)F)CC2)C1. The Labute approximate surface area is 141 Å². The van der Waals surface area contributed by atoms with E-state index in [1.165, 1.54) is 17.5 Å². The average molecular weight is 338 g/mol. The van der Waals surface area contributed by atoms with Crippen LogP contribution in [-0.2, 0) is 11.3 Å². The molecule has 0 bridgehead atoms. The Morgan fingerprint density at radius 1 is 1.33 bits per heavy atom. The third-order valence-corrected chi connectivity index (χ3v) is 5.25. The summed E-state index contributed by atoms with van der Waals surface area (Å²) in [5, 5.41) is 0.